The van der Waals surface area contributed by atoms with Crippen LogP contribution in [0.5, 0.6) is 0 Å². The molecule has 1 aliphatic carbocycles. The third-order valence-corrected chi connectivity index (χ3v) is 6.09. The summed E-state index contributed by atoms with van der Waals surface area (Å²) in [6, 6.07) is 2.79. The van der Waals surface area contributed by atoms with Gasteiger partial charge in [-0.1, -0.05) is 0 Å². The average Bonchev–Trinajstić information content (AvgIpc) is 3.41. The second-order valence-corrected chi connectivity index (χ2v) is 8.49. The van der Waals surface area contributed by atoms with E-state index in [1.54, 1.807) is 40.1 Å². The van der Waals surface area contributed by atoms with Crippen molar-refractivity contribution in [2.75, 3.05) is 5.32 Å². The predicted molar refractivity (Wildman–Crippen MR) is 130 cm³/mol. The molecule has 0 unspecified atom stereocenters. The van der Waals surface area contributed by atoms with Crippen LogP contribution in [-0.2, 0) is 4.79 Å². The summed E-state index contributed by atoms with van der Waals surface area (Å²) in [5.74, 6) is 1.95. The number of hydrogen-bond acceptors (Lipinski definition) is 7. The molecule has 12 heteroatoms. The van der Waals surface area contributed by atoms with Gasteiger partial charge in [0.15, 0.2) is 17.6 Å². The number of aliphatic imine (C=N–C) groups is 1. The van der Waals surface area contributed by atoms with Crippen molar-refractivity contribution in [3.8, 4) is 5.82 Å². The number of amidine groups is 1. The SMILES string of the molecule is O=C=C1C=CN=C2C(n3ncc(C(=O)Nc4cnc(-n5cccn5)c(C(F)F)c4)c3C3CC3)=CC=CN12. The zero-order valence-electron chi connectivity index (χ0n) is 19.1. The number of nitrogens with one attached hydrogen (secondary N) is 1. The summed E-state index contributed by atoms with van der Waals surface area (Å²) in [6.45, 7) is 0. The predicted octanol–water partition coefficient (Wildman–Crippen LogP) is 3.84. The lowest BCUT2D eigenvalue weighted by Crippen LogP contribution is -2.32. The van der Waals surface area contributed by atoms with Gasteiger partial charge in [0, 0.05) is 30.7 Å². The van der Waals surface area contributed by atoms with Crippen molar-refractivity contribution >= 4 is 29.1 Å². The Balaban J connectivity index is 1.33. The van der Waals surface area contributed by atoms with Crippen LogP contribution in [0.25, 0.3) is 11.5 Å². The smallest absolute Gasteiger partial charge is 0.267 e. The lowest BCUT2D eigenvalue weighted by molar-refractivity contribution is 0.102. The van der Waals surface area contributed by atoms with Gasteiger partial charge in [0.25, 0.3) is 12.3 Å². The quantitative estimate of drug-likeness (QED) is 0.515. The molecule has 0 aromatic carbocycles. The van der Waals surface area contributed by atoms with Crippen molar-refractivity contribution < 1.29 is 18.4 Å². The Morgan fingerprint density at radius 3 is 2.81 bits per heavy atom. The van der Waals surface area contributed by atoms with Crippen LogP contribution in [0.1, 0.15) is 46.8 Å². The summed E-state index contributed by atoms with van der Waals surface area (Å²) < 4.78 is 30.4. The number of carbonyl (C=O) groups is 1. The molecule has 37 heavy (non-hydrogen) atoms. The third-order valence-electron chi connectivity index (χ3n) is 6.09. The minimum atomic E-state index is -2.82. The minimum absolute atomic E-state index is 0.0163. The lowest BCUT2D eigenvalue weighted by Gasteiger charge is -2.27. The lowest BCUT2D eigenvalue weighted by atomic mass is 10.1. The van der Waals surface area contributed by atoms with Crippen LogP contribution in [0, 0.1) is 0 Å². The molecule has 6 rings (SSSR count). The molecule has 0 saturated heterocycles. The highest BCUT2D eigenvalue weighted by atomic mass is 19.3. The monoisotopic (exact) mass is 500 g/mol. The number of halogens is 2. The van der Waals surface area contributed by atoms with Gasteiger partial charge >= 0.3 is 0 Å². The van der Waals surface area contributed by atoms with Crippen LogP contribution in [-0.4, -0.2) is 47.1 Å². The van der Waals surface area contributed by atoms with Crippen LogP contribution >= 0.6 is 0 Å². The minimum Gasteiger partial charge on any atom is -0.320 e. The fourth-order valence-electron chi connectivity index (χ4n) is 4.28. The summed E-state index contributed by atoms with van der Waals surface area (Å²) >= 11 is 0. The molecule has 3 aromatic rings. The van der Waals surface area contributed by atoms with Crippen LogP contribution in [0.4, 0.5) is 14.5 Å². The van der Waals surface area contributed by atoms with Gasteiger partial charge in [0.2, 0.25) is 0 Å². The molecule has 3 aromatic heterocycles. The van der Waals surface area contributed by atoms with E-state index in [0.29, 0.717) is 28.5 Å². The second kappa shape index (κ2) is 8.92. The number of alkyl halides is 2. The van der Waals surface area contributed by atoms with Crippen LogP contribution in [0.2, 0.25) is 0 Å². The Hall–Kier alpha value is -4.96. The molecule has 2 aliphatic heterocycles. The van der Waals surface area contributed by atoms with Gasteiger partial charge in [-0.3, -0.25) is 9.69 Å². The highest BCUT2D eigenvalue weighted by Crippen LogP contribution is 2.43. The number of pyridine rings is 1. The molecule has 184 valence electrons. The third kappa shape index (κ3) is 3.99. The summed E-state index contributed by atoms with van der Waals surface area (Å²) in [7, 11) is 0. The van der Waals surface area contributed by atoms with E-state index >= 15 is 0 Å². The van der Waals surface area contributed by atoms with Crippen molar-refractivity contribution in [3.05, 3.63) is 90.1 Å². The van der Waals surface area contributed by atoms with E-state index in [4.69, 9.17) is 0 Å². The zero-order valence-corrected chi connectivity index (χ0v) is 19.1. The summed E-state index contributed by atoms with van der Waals surface area (Å²) in [5, 5.41) is 11.1. The van der Waals surface area contributed by atoms with E-state index in [2.05, 4.69) is 25.5 Å². The standard InChI is InChI=1S/C25H18F2N8O2/c26-22(27)18-11-16(12-29-23(18)34-10-2-7-30-34)32-25(37)19-13-31-35(21(19)15-4-5-15)20-3-1-9-33-17(14-36)6-8-28-24(20)33/h1-3,6-13,15,22H,4-5H2,(H,32,37). The number of aromatic nitrogens is 5. The maximum absolute atomic E-state index is 13.8. The first-order valence-corrected chi connectivity index (χ1v) is 11.4. The average molecular weight is 500 g/mol. The fourth-order valence-corrected chi connectivity index (χ4v) is 4.28. The van der Waals surface area contributed by atoms with E-state index < -0.39 is 12.3 Å². The van der Waals surface area contributed by atoms with E-state index in [-0.39, 0.29) is 23.0 Å². The maximum atomic E-state index is 13.8. The van der Waals surface area contributed by atoms with Crippen molar-refractivity contribution in [2.24, 2.45) is 4.99 Å². The molecular weight excluding hydrogens is 482 g/mol. The number of rotatable bonds is 6. The van der Waals surface area contributed by atoms with Gasteiger partial charge in [0.1, 0.15) is 11.4 Å². The number of fused-ring (bicyclic) bond motifs is 1. The van der Waals surface area contributed by atoms with Gasteiger partial charge < -0.3 is 5.32 Å². The Kier molecular flexibility index (Phi) is 5.42. The molecule has 0 atom stereocenters. The van der Waals surface area contributed by atoms with Crippen molar-refractivity contribution in [1.82, 2.24) is 29.4 Å². The normalized spacial score (nSPS) is 16.4. The largest absolute Gasteiger partial charge is 0.320 e. The van der Waals surface area contributed by atoms with E-state index in [9.17, 15) is 18.4 Å². The Bertz CT molecular complexity index is 1570. The molecule has 10 nitrogen and oxygen atoms in total. The van der Waals surface area contributed by atoms with Crippen molar-refractivity contribution in [3.63, 3.8) is 0 Å². The zero-order chi connectivity index (χ0) is 25.5. The molecular formula is C25H18F2N8O2. The summed E-state index contributed by atoms with van der Waals surface area (Å²) in [5.41, 5.74) is 1.65. The number of nitrogens with zero attached hydrogens (tertiary/aromatic N) is 7. The number of allylic oxidation sites excluding steroid dienone is 3. The van der Waals surface area contributed by atoms with Gasteiger partial charge in [-0.25, -0.2) is 32.9 Å². The van der Waals surface area contributed by atoms with Gasteiger partial charge in [-0.15, -0.1) is 0 Å². The van der Waals surface area contributed by atoms with Gasteiger partial charge in [-0.05, 0) is 43.2 Å². The first-order valence-electron chi connectivity index (χ1n) is 11.4. The molecule has 1 N–H and O–H groups in total. The fraction of sp³-hybridized carbons (Fsp3) is 0.160. The van der Waals surface area contributed by atoms with Gasteiger partial charge in [0.05, 0.1) is 34.9 Å². The highest BCUT2D eigenvalue weighted by Gasteiger charge is 2.35. The van der Waals surface area contributed by atoms with Crippen LogP contribution in [0.15, 0.2) is 78.2 Å². The molecule has 5 heterocycles. The molecule has 3 aliphatic rings. The summed E-state index contributed by atoms with van der Waals surface area (Å²) in [6.07, 6.45) is 13.0. The maximum Gasteiger partial charge on any atom is 0.267 e. The number of hydrogen-bond donors (Lipinski definition) is 1. The Labute approximate surface area is 208 Å². The number of amides is 1. The first-order chi connectivity index (χ1) is 18.0. The van der Waals surface area contributed by atoms with Crippen molar-refractivity contribution in [2.45, 2.75) is 25.2 Å². The second-order valence-electron chi connectivity index (χ2n) is 8.49. The topological polar surface area (TPSA) is 110 Å². The van der Waals surface area contributed by atoms with Gasteiger partial charge in [-0.2, -0.15) is 10.2 Å². The molecule has 0 spiro atoms. The molecule has 1 amide bonds. The van der Waals surface area contributed by atoms with E-state index in [1.165, 1.54) is 41.7 Å². The Morgan fingerprint density at radius 1 is 1.22 bits per heavy atom. The summed E-state index contributed by atoms with van der Waals surface area (Å²) in [4.78, 5) is 34.8. The number of carbonyl (C=O) groups excluding carboxylic acids is 2. The molecule has 1 fully saturated rings. The van der Waals surface area contributed by atoms with E-state index in [1.807, 2.05) is 5.94 Å². The van der Waals surface area contributed by atoms with E-state index in [0.717, 1.165) is 12.8 Å². The van der Waals surface area contributed by atoms with Crippen LogP contribution < -0.4 is 5.32 Å². The Morgan fingerprint density at radius 2 is 2.08 bits per heavy atom. The van der Waals surface area contributed by atoms with Crippen molar-refractivity contribution in [1.29, 1.82) is 0 Å². The first kappa shape index (κ1) is 22.5. The van der Waals surface area contributed by atoms with Crippen LogP contribution in [0.3, 0.4) is 0 Å². The molecule has 0 radical (unpaired) electrons. The molecule has 1 saturated carbocycles. The highest BCUT2D eigenvalue weighted by molar-refractivity contribution is 6.20. The molecule has 0 bridgehead atoms. The number of anilines is 1.